The number of benzene rings is 1. The van der Waals surface area contributed by atoms with Crippen molar-refractivity contribution in [3.63, 3.8) is 0 Å². The Balaban J connectivity index is 1.79. The number of carbonyl (C=O) groups is 1. The van der Waals surface area contributed by atoms with Gasteiger partial charge in [0.25, 0.3) is 5.91 Å². The van der Waals surface area contributed by atoms with E-state index in [-0.39, 0.29) is 11.9 Å². The lowest BCUT2D eigenvalue weighted by atomic mass is 10.2. The minimum atomic E-state index is -0.366. The van der Waals surface area contributed by atoms with Crippen LogP contribution < -0.4 is 10.1 Å². The van der Waals surface area contributed by atoms with Crippen LogP contribution in [0.2, 0.25) is 0 Å². The van der Waals surface area contributed by atoms with Gasteiger partial charge in [-0.3, -0.25) is 4.79 Å². The van der Waals surface area contributed by atoms with Gasteiger partial charge in [-0.2, -0.15) is 0 Å². The molecule has 7 nitrogen and oxygen atoms in total. The van der Waals surface area contributed by atoms with Crippen LogP contribution in [-0.2, 0) is 0 Å². The van der Waals surface area contributed by atoms with E-state index < -0.39 is 0 Å². The van der Waals surface area contributed by atoms with Gasteiger partial charge in [0.2, 0.25) is 11.8 Å². The predicted octanol–water partition coefficient (Wildman–Crippen LogP) is 2.36. The van der Waals surface area contributed by atoms with Crippen molar-refractivity contribution in [1.82, 2.24) is 20.5 Å². The number of carbonyl (C=O) groups excluding carboxylic acids is 1. The summed E-state index contributed by atoms with van der Waals surface area (Å²) in [6.45, 7) is 3.49. The first kappa shape index (κ1) is 14.1. The van der Waals surface area contributed by atoms with E-state index in [4.69, 9.17) is 9.15 Å². The fraction of sp³-hybridized carbons (Fsp3) is 0.267. The van der Waals surface area contributed by atoms with Gasteiger partial charge in [-0.05, 0) is 31.2 Å². The number of fused-ring (bicyclic) bond motifs is 1. The number of amides is 1. The summed E-state index contributed by atoms with van der Waals surface area (Å²) in [6, 6.07) is 6.99. The first-order valence-corrected chi connectivity index (χ1v) is 6.84. The summed E-state index contributed by atoms with van der Waals surface area (Å²) in [5.74, 6) is 1.35. The molecule has 0 unspecified atom stereocenters. The van der Waals surface area contributed by atoms with Crippen molar-refractivity contribution in [2.24, 2.45) is 0 Å². The van der Waals surface area contributed by atoms with Gasteiger partial charge in [-0.1, -0.05) is 0 Å². The minimum Gasteiger partial charge on any atom is -0.497 e. The smallest absolute Gasteiger partial charge is 0.268 e. The summed E-state index contributed by atoms with van der Waals surface area (Å²) >= 11 is 0. The van der Waals surface area contributed by atoms with Crippen LogP contribution in [0.1, 0.15) is 35.2 Å². The van der Waals surface area contributed by atoms with E-state index in [0.717, 1.165) is 16.7 Å². The van der Waals surface area contributed by atoms with Crippen LogP contribution >= 0.6 is 0 Å². The fourth-order valence-electron chi connectivity index (χ4n) is 2.18. The fourth-order valence-corrected chi connectivity index (χ4v) is 2.18. The number of aromatic nitrogens is 3. The van der Waals surface area contributed by atoms with E-state index in [9.17, 15) is 4.79 Å². The Morgan fingerprint density at radius 2 is 2.18 bits per heavy atom. The number of ether oxygens (including phenoxy) is 1. The van der Waals surface area contributed by atoms with Gasteiger partial charge < -0.3 is 19.5 Å². The molecule has 0 aliphatic rings. The second-order valence-electron chi connectivity index (χ2n) is 4.99. The zero-order valence-corrected chi connectivity index (χ0v) is 12.5. The van der Waals surface area contributed by atoms with Gasteiger partial charge in [0.1, 0.15) is 17.5 Å². The maximum atomic E-state index is 12.3. The molecular weight excluding hydrogens is 284 g/mol. The molecule has 22 heavy (non-hydrogen) atoms. The summed E-state index contributed by atoms with van der Waals surface area (Å²) < 4.78 is 10.5. The Hall–Kier alpha value is -2.83. The first-order chi connectivity index (χ1) is 10.6. The largest absolute Gasteiger partial charge is 0.497 e. The number of hydrogen-bond donors (Lipinski definition) is 2. The maximum Gasteiger partial charge on any atom is 0.268 e. The Morgan fingerprint density at radius 1 is 1.36 bits per heavy atom. The molecule has 0 saturated carbocycles. The summed E-state index contributed by atoms with van der Waals surface area (Å²) in [7, 11) is 1.61. The molecule has 1 atom stereocenters. The monoisotopic (exact) mass is 300 g/mol. The van der Waals surface area contributed by atoms with Crippen LogP contribution in [0.4, 0.5) is 0 Å². The molecule has 0 radical (unpaired) electrons. The zero-order chi connectivity index (χ0) is 15.7. The molecule has 2 N–H and O–H groups in total. The zero-order valence-electron chi connectivity index (χ0n) is 12.5. The second kappa shape index (κ2) is 5.51. The van der Waals surface area contributed by atoms with E-state index in [1.165, 1.54) is 0 Å². The van der Waals surface area contributed by atoms with Crippen molar-refractivity contribution in [1.29, 1.82) is 0 Å². The number of nitrogens with one attached hydrogen (secondary N) is 2. The molecule has 114 valence electrons. The van der Waals surface area contributed by atoms with Crippen molar-refractivity contribution in [2.75, 3.05) is 7.11 Å². The van der Waals surface area contributed by atoms with Crippen molar-refractivity contribution < 1.29 is 13.9 Å². The van der Waals surface area contributed by atoms with Crippen molar-refractivity contribution in [2.45, 2.75) is 19.9 Å². The third kappa shape index (κ3) is 2.65. The molecule has 0 aliphatic carbocycles. The van der Waals surface area contributed by atoms with Crippen LogP contribution in [0, 0.1) is 6.92 Å². The highest BCUT2D eigenvalue weighted by Gasteiger charge is 2.17. The van der Waals surface area contributed by atoms with E-state index in [1.807, 2.05) is 18.2 Å². The van der Waals surface area contributed by atoms with Crippen LogP contribution in [0.25, 0.3) is 10.9 Å². The van der Waals surface area contributed by atoms with E-state index in [0.29, 0.717) is 17.5 Å². The molecule has 2 aromatic heterocycles. The lowest BCUT2D eigenvalue weighted by molar-refractivity contribution is 0.0929. The predicted molar refractivity (Wildman–Crippen MR) is 79.8 cm³/mol. The average Bonchev–Trinajstić information content (AvgIpc) is 3.12. The van der Waals surface area contributed by atoms with Crippen LogP contribution in [0.15, 0.2) is 28.7 Å². The van der Waals surface area contributed by atoms with Crippen LogP contribution in [-0.4, -0.2) is 28.2 Å². The second-order valence-corrected chi connectivity index (χ2v) is 4.99. The standard InChI is InChI=1S/C15H16N4O3/c1-8(15-19-18-9(2)22-15)16-14(20)13-7-10-6-11(21-3)4-5-12(10)17-13/h4-8,17H,1-3H3,(H,16,20)/t8-/m1/s1. The topological polar surface area (TPSA) is 93.0 Å². The molecule has 7 heteroatoms. The quantitative estimate of drug-likeness (QED) is 0.771. The lowest BCUT2D eigenvalue weighted by Gasteiger charge is -2.08. The molecule has 0 saturated heterocycles. The van der Waals surface area contributed by atoms with Crippen molar-refractivity contribution >= 4 is 16.8 Å². The first-order valence-electron chi connectivity index (χ1n) is 6.84. The molecule has 0 fully saturated rings. The summed E-state index contributed by atoms with van der Waals surface area (Å²) in [4.78, 5) is 15.4. The molecule has 0 spiro atoms. The Kier molecular flexibility index (Phi) is 3.54. The normalized spacial score (nSPS) is 12.3. The summed E-state index contributed by atoms with van der Waals surface area (Å²) in [6.07, 6.45) is 0. The van der Waals surface area contributed by atoms with Gasteiger partial charge >= 0.3 is 0 Å². The highest BCUT2D eigenvalue weighted by Crippen LogP contribution is 2.21. The molecule has 3 rings (SSSR count). The summed E-state index contributed by atoms with van der Waals surface area (Å²) in [5.41, 5.74) is 1.33. The highest BCUT2D eigenvalue weighted by atomic mass is 16.5. The number of nitrogens with zero attached hydrogens (tertiary/aromatic N) is 2. The van der Waals surface area contributed by atoms with E-state index in [1.54, 1.807) is 27.0 Å². The van der Waals surface area contributed by atoms with Crippen LogP contribution in [0.5, 0.6) is 5.75 Å². The number of aryl methyl sites for hydroxylation is 1. The SMILES string of the molecule is COc1ccc2[nH]c(C(=O)N[C@H](C)c3nnc(C)o3)cc2c1. The Morgan fingerprint density at radius 3 is 2.86 bits per heavy atom. The molecule has 0 aliphatic heterocycles. The minimum absolute atomic E-state index is 0.237. The summed E-state index contributed by atoms with van der Waals surface area (Å²) in [5, 5.41) is 11.4. The third-order valence-corrected chi connectivity index (χ3v) is 3.33. The maximum absolute atomic E-state index is 12.3. The molecule has 3 aromatic rings. The number of methoxy groups -OCH3 is 1. The molecule has 0 bridgehead atoms. The highest BCUT2D eigenvalue weighted by molar-refractivity contribution is 5.98. The Labute approximate surface area is 126 Å². The third-order valence-electron chi connectivity index (χ3n) is 3.33. The van der Waals surface area contributed by atoms with Gasteiger partial charge in [0.05, 0.1) is 7.11 Å². The molecular formula is C15H16N4O3. The van der Waals surface area contributed by atoms with E-state index in [2.05, 4.69) is 20.5 Å². The van der Waals surface area contributed by atoms with Gasteiger partial charge in [0.15, 0.2) is 0 Å². The van der Waals surface area contributed by atoms with Crippen LogP contribution in [0.3, 0.4) is 0 Å². The lowest BCUT2D eigenvalue weighted by Crippen LogP contribution is -2.27. The molecule has 1 amide bonds. The Bertz CT molecular complexity index is 821. The average molecular weight is 300 g/mol. The van der Waals surface area contributed by atoms with Gasteiger partial charge in [0, 0.05) is 17.8 Å². The van der Waals surface area contributed by atoms with Crippen molar-refractivity contribution in [3.8, 4) is 5.75 Å². The van der Waals surface area contributed by atoms with Gasteiger partial charge in [-0.15, -0.1) is 10.2 Å². The van der Waals surface area contributed by atoms with Crippen molar-refractivity contribution in [3.05, 3.63) is 41.7 Å². The van der Waals surface area contributed by atoms with Gasteiger partial charge in [-0.25, -0.2) is 0 Å². The molecule has 1 aromatic carbocycles. The van der Waals surface area contributed by atoms with E-state index >= 15 is 0 Å². The number of aromatic amines is 1. The number of hydrogen-bond acceptors (Lipinski definition) is 5. The number of rotatable bonds is 4. The number of H-pyrrole nitrogens is 1. The molecule has 2 heterocycles.